The highest BCUT2D eigenvalue weighted by atomic mass is 35.5. The number of sulfone groups is 1. The molecule has 1 aromatic rings. The molecule has 1 N–H and O–H groups in total. The smallest absolute Gasteiger partial charge is 0.214 e. The molecule has 5 rings (SSSR count). The molecule has 30 heavy (non-hydrogen) atoms. The van der Waals surface area contributed by atoms with Gasteiger partial charge in [-0.25, -0.2) is 13.4 Å². The first-order valence-corrected chi connectivity index (χ1v) is 12.5. The molecule has 0 aliphatic heterocycles. The summed E-state index contributed by atoms with van der Waals surface area (Å²) in [4.78, 5) is 8.22. The highest BCUT2D eigenvalue weighted by Crippen LogP contribution is 2.58. The van der Waals surface area contributed by atoms with Crippen LogP contribution < -0.4 is 10.1 Å². The van der Waals surface area contributed by atoms with Crippen molar-refractivity contribution >= 4 is 27.3 Å². The predicted octanol–water partition coefficient (Wildman–Crippen LogP) is 3.35. The van der Waals surface area contributed by atoms with Crippen LogP contribution in [0.15, 0.2) is 23.3 Å². The number of pyridine rings is 1. The molecule has 7 nitrogen and oxygen atoms in total. The summed E-state index contributed by atoms with van der Waals surface area (Å²) < 4.78 is 30.6. The Bertz CT molecular complexity index is 984. The number of hydrogen-bond donors (Lipinski definition) is 1. The maximum absolute atomic E-state index is 12.6. The van der Waals surface area contributed by atoms with Crippen molar-refractivity contribution in [2.45, 2.75) is 62.3 Å². The summed E-state index contributed by atoms with van der Waals surface area (Å²) in [5.41, 5.74) is -0.917. The number of amidine groups is 1. The van der Waals surface area contributed by atoms with Crippen LogP contribution in [0, 0.1) is 29.2 Å². The second-order valence-corrected chi connectivity index (χ2v) is 12.4. The Morgan fingerprint density at radius 3 is 2.53 bits per heavy atom. The molecular formula is C21H27ClN4O3S. The molecule has 0 amide bonds. The molecule has 2 atom stereocenters. The van der Waals surface area contributed by atoms with E-state index < -0.39 is 20.2 Å². The molecule has 1 heterocycles. The van der Waals surface area contributed by atoms with Crippen LogP contribution in [0.2, 0.25) is 5.02 Å². The van der Waals surface area contributed by atoms with E-state index in [0.717, 1.165) is 19.3 Å². The highest BCUT2D eigenvalue weighted by Gasteiger charge is 2.60. The summed E-state index contributed by atoms with van der Waals surface area (Å²) in [6, 6.07) is 3.45. The van der Waals surface area contributed by atoms with E-state index in [2.05, 4.69) is 15.3 Å². The topological polar surface area (TPSA) is 104 Å². The lowest BCUT2D eigenvalue weighted by molar-refractivity contribution is 0.00455. The molecule has 1 aromatic heterocycles. The molecule has 2 unspecified atom stereocenters. The minimum absolute atomic E-state index is 0.0876. The quantitative estimate of drug-likeness (QED) is 0.419. The van der Waals surface area contributed by atoms with Crippen LogP contribution in [-0.4, -0.2) is 41.9 Å². The van der Waals surface area contributed by atoms with Crippen LogP contribution in [0.3, 0.4) is 0 Å². The minimum Gasteiger partial charge on any atom is -0.463 e. The van der Waals surface area contributed by atoms with Crippen molar-refractivity contribution in [3.8, 4) is 12.1 Å². The number of aromatic nitrogens is 1. The summed E-state index contributed by atoms with van der Waals surface area (Å²) in [7, 11) is -3.11. The Balaban J connectivity index is 1.55. The lowest BCUT2D eigenvalue weighted by atomic mass is 9.53. The van der Waals surface area contributed by atoms with E-state index in [1.54, 1.807) is 12.1 Å². The summed E-state index contributed by atoms with van der Waals surface area (Å²) in [5.74, 6) is 1.79. The van der Waals surface area contributed by atoms with Gasteiger partial charge in [0, 0.05) is 24.6 Å². The molecule has 4 aliphatic carbocycles. The van der Waals surface area contributed by atoms with Crippen molar-refractivity contribution in [1.82, 2.24) is 10.3 Å². The van der Waals surface area contributed by atoms with Gasteiger partial charge in [-0.05, 0) is 69.8 Å². The van der Waals surface area contributed by atoms with Crippen LogP contribution in [0.5, 0.6) is 5.88 Å². The number of nitriles is 1. The standard InChI is InChI=1S/C21H27ClN4O3S/c1-20(2,29-17-5-4-16(22)11-24-17)19(25-12-23)26-18-14-6-13-7-15(18)10-21(8-13,9-14)30(3,27)28/h4-5,11,13-15,18H,6-10H2,1-3H3,(H,25,26). The highest BCUT2D eigenvalue weighted by molar-refractivity contribution is 7.92. The molecular weight excluding hydrogens is 424 g/mol. The monoisotopic (exact) mass is 450 g/mol. The minimum atomic E-state index is -3.11. The van der Waals surface area contributed by atoms with E-state index in [4.69, 9.17) is 16.3 Å². The van der Waals surface area contributed by atoms with Crippen molar-refractivity contribution in [2.24, 2.45) is 22.7 Å². The third-order valence-corrected chi connectivity index (χ3v) is 9.40. The number of nitrogens with one attached hydrogen (secondary N) is 1. The van der Waals surface area contributed by atoms with Crippen LogP contribution in [0.4, 0.5) is 0 Å². The number of hydrogen-bond acceptors (Lipinski definition) is 6. The average molecular weight is 451 g/mol. The number of rotatable bonds is 5. The molecule has 162 valence electrons. The number of halogens is 1. The Labute approximate surface area is 182 Å². The molecule has 4 bridgehead atoms. The summed E-state index contributed by atoms with van der Waals surface area (Å²) in [5, 5.41) is 13.3. The van der Waals surface area contributed by atoms with Gasteiger partial charge in [-0.1, -0.05) is 11.6 Å². The largest absolute Gasteiger partial charge is 0.463 e. The zero-order valence-electron chi connectivity index (χ0n) is 17.4. The van der Waals surface area contributed by atoms with E-state index in [1.165, 1.54) is 12.5 Å². The van der Waals surface area contributed by atoms with Crippen molar-refractivity contribution in [2.75, 3.05) is 6.26 Å². The summed E-state index contributed by atoms with van der Waals surface area (Å²) in [6.07, 6.45) is 8.96. The first-order chi connectivity index (χ1) is 14.0. The molecule has 4 fully saturated rings. The predicted molar refractivity (Wildman–Crippen MR) is 115 cm³/mol. The first kappa shape index (κ1) is 21.4. The average Bonchev–Trinajstić information content (AvgIpc) is 2.64. The van der Waals surface area contributed by atoms with Gasteiger partial charge in [-0.15, -0.1) is 0 Å². The maximum Gasteiger partial charge on any atom is 0.214 e. The number of aliphatic imine (C=N–C) groups is 1. The molecule has 0 spiro atoms. The van der Waals surface area contributed by atoms with Gasteiger partial charge in [0.15, 0.2) is 21.3 Å². The van der Waals surface area contributed by atoms with Crippen molar-refractivity contribution in [1.29, 1.82) is 5.26 Å². The normalized spacial score (nSPS) is 33.2. The van der Waals surface area contributed by atoms with Gasteiger partial charge in [0.2, 0.25) is 12.1 Å². The van der Waals surface area contributed by atoms with Gasteiger partial charge >= 0.3 is 0 Å². The second-order valence-electron chi connectivity index (χ2n) is 9.58. The second kappa shape index (κ2) is 7.38. The van der Waals surface area contributed by atoms with Gasteiger partial charge in [-0.2, -0.15) is 10.3 Å². The van der Waals surface area contributed by atoms with Crippen molar-refractivity contribution in [3.63, 3.8) is 0 Å². The van der Waals surface area contributed by atoms with E-state index in [-0.39, 0.29) is 17.9 Å². The molecule has 0 aromatic carbocycles. The summed E-state index contributed by atoms with van der Waals surface area (Å²) in [6.45, 7) is 3.67. The van der Waals surface area contributed by atoms with Crippen LogP contribution in [0.1, 0.15) is 46.0 Å². The zero-order valence-corrected chi connectivity index (χ0v) is 19.0. The fraction of sp³-hybridized carbons (Fsp3) is 0.667. The van der Waals surface area contributed by atoms with Gasteiger partial charge in [-0.3, -0.25) is 0 Å². The Hall–Kier alpha value is -1.85. The van der Waals surface area contributed by atoms with E-state index in [9.17, 15) is 13.7 Å². The van der Waals surface area contributed by atoms with Gasteiger partial charge < -0.3 is 10.1 Å². The van der Waals surface area contributed by atoms with Crippen LogP contribution in [-0.2, 0) is 9.84 Å². The molecule has 0 radical (unpaired) electrons. The lowest BCUT2D eigenvalue weighted by Gasteiger charge is -2.59. The fourth-order valence-corrected chi connectivity index (χ4v) is 7.60. The molecule has 0 saturated heterocycles. The van der Waals surface area contributed by atoms with Gasteiger partial charge in [0.25, 0.3) is 0 Å². The van der Waals surface area contributed by atoms with Gasteiger partial charge in [0.05, 0.1) is 9.77 Å². The third kappa shape index (κ3) is 3.78. The number of nitrogens with zero attached hydrogens (tertiary/aromatic N) is 3. The SMILES string of the molecule is CC(C)(Oc1ccc(Cl)cn1)/C(=N\C#N)NC1C2CC3CC1CC(S(C)(=O)=O)(C3)C2. The summed E-state index contributed by atoms with van der Waals surface area (Å²) >= 11 is 5.90. The Morgan fingerprint density at radius 2 is 2.00 bits per heavy atom. The van der Waals surface area contributed by atoms with E-state index >= 15 is 0 Å². The van der Waals surface area contributed by atoms with E-state index in [0.29, 0.717) is 35.5 Å². The Morgan fingerprint density at radius 1 is 1.33 bits per heavy atom. The first-order valence-electron chi connectivity index (χ1n) is 10.3. The van der Waals surface area contributed by atoms with Crippen LogP contribution >= 0.6 is 11.6 Å². The van der Waals surface area contributed by atoms with Crippen molar-refractivity contribution in [3.05, 3.63) is 23.4 Å². The molecule has 4 aliphatic rings. The van der Waals surface area contributed by atoms with Crippen LogP contribution in [0.25, 0.3) is 0 Å². The van der Waals surface area contributed by atoms with Gasteiger partial charge in [0.1, 0.15) is 0 Å². The molecule has 9 heteroatoms. The molecule has 4 saturated carbocycles. The lowest BCUT2D eigenvalue weighted by Crippen LogP contribution is -2.65. The fourth-order valence-electron chi connectivity index (χ4n) is 5.92. The zero-order chi connectivity index (χ0) is 21.7. The maximum atomic E-state index is 12.6. The Kier molecular flexibility index (Phi) is 5.26. The number of ether oxygens (including phenoxy) is 1. The third-order valence-electron chi connectivity index (χ3n) is 7.10. The van der Waals surface area contributed by atoms with E-state index in [1.807, 2.05) is 20.0 Å². The van der Waals surface area contributed by atoms with Crippen molar-refractivity contribution < 1.29 is 13.2 Å².